The van der Waals surface area contributed by atoms with Crippen molar-refractivity contribution in [3.63, 3.8) is 0 Å². The average molecular weight is 473 g/mol. The second-order valence-electron chi connectivity index (χ2n) is 7.16. The molecule has 0 bridgehead atoms. The van der Waals surface area contributed by atoms with Crippen LogP contribution < -0.4 is 25.4 Å². The summed E-state index contributed by atoms with van der Waals surface area (Å²) in [7, 11) is -8.87. The van der Waals surface area contributed by atoms with Crippen LogP contribution in [0.2, 0.25) is 0 Å². The standard InChI is InChI=1S/C15H21N9O5S2/c16-30(26,27)14-12(31(28,29)21-10-4-6-17-8-10)3-2-11(13(14)24-20-9-19-22-24)23-7-1-5-18-15(23)25/h2-3,10,17,21H,1,4-9H2,(H2-,16,18,25,26,27)/p+1/t10-/m1/s1. The van der Waals surface area contributed by atoms with Crippen LogP contribution >= 0.6 is 0 Å². The topological polar surface area (TPSA) is 191 Å². The van der Waals surface area contributed by atoms with Gasteiger partial charge in [0.2, 0.25) is 25.7 Å². The van der Waals surface area contributed by atoms with Crippen LogP contribution in [-0.2, 0) is 20.0 Å². The van der Waals surface area contributed by atoms with E-state index in [9.17, 15) is 21.6 Å². The highest BCUT2D eigenvalue weighted by atomic mass is 32.2. The monoisotopic (exact) mass is 472 g/mol. The SMILES string of the molecule is NS(=O)(=O)c1c(S(=O)(=O)N[C@@H]2CCNC2)ccc(N2CCCNC2=O)c1[N+]1=NCN=N1. The van der Waals surface area contributed by atoms with E-state index >= 15 is 0 Å². The minimum absolute atomic E-state index is 0.0847. The average Bonchev–Trinajstić information content (AvgIpc) is 3.40. The molecule has 0 saturated carbocycles. The van der Waals surface area contributed by atoms with Crippen LogP contribution in [0.25, 0.3) is 0 Å². The molecule has 1 aromatic carbocycles. The molecule has 3 heterocycles. The lowest BCUT2D eigenvalue weighted by atomic mass is 10.2. The van der Waals surface area contributed by atoms with Gasteiger partial charge in [-0.25, -0.2) is 31.5 Å². The first-order valence-electron chi connectivity index (χ1n) is 9.51. The van der Waals surface area contributed by atoms with Gasteiger partial charge in [-0.3, -0.25) is 4.90 Å². The summed E-state index contributed by atoms with van der Waals surface area (Å²) < 4.78 is 54.0. The van der Waals surface area contributed by atoms with E-state index in [1.54, 1.807) is 0 Å². The number of carbonyl (C=O) groups is 1. The summed E-state index contributed by atoms with van der Waals surface area (Å²) in [5, 5.41) is 22.6. The molecular weight excluding hydrogens is 450 g/mol. The third-order valence-corrected chi connectivity index (χ3v) is 7.68. The minimum atomic E-state index is -4.59. The van der Waals surface area contributed by atoms with Gasteiger partial charge in [-0.2, -0.15) is 0 Å². The molecule has 0 aromatic heterocycles. The van der Waals surface area contributed by atoms with Gasteiger partial charge in [0.25, 0.3) is 6.67 Å². The van der Waals surface area contributed by atoms with E-state index < -0.39 is 41.9 Å². The van der Waals surface area contributed by atoms with Gasteiger partial charge in [0.05, 0.1) is 10.8 Å². The molecule has 16 heteroatoms. The van der Waals surface area contributed by atoms with Crippen LogP contribution in [0.1, 0.15) is 12.8 Å². The van der Waals surface area contributed by atoms with Crippen molar-refractivity contribution in [2.45, 2.75) is 28.7 Å². The number of hydrogen-bond acceptors (Lipinski definition) is 9. The Bertz CT molecular complexity index is 1170. The lowest BCUT2D eigenvalue weighted by Gasteiger charge is -2.28. The molecule has 3 aliphatic rings. The molecule has 5 N–H and O–H groups in total. The number of rotatable bonds is 6. The van der Waals surface area contributed by atoms with Crippen molar-refractivity contribution in [3.8, 4) is 0 Å². The first-order valence-corrected chi connectivity index (χ1v) is 12.5. The fraction of sp³-hybridized carbons (Fsp3) is 0.533. The van der Waals surface area contributed by atoms with E-state index in [1.165, 1.54) is 11.0 Å². The van der Waals surface area contributed by atoms with Gasteiger partial charge in [0, 0.05) is 30.5 Å². The number of anilines is 1. The van der Waals surface area contributed by atoms with Gasteiger partial charge in [0.15, 0.2) is 10.1 Å². The number of hydrogen-bond donors (Lipinski definition) is 4. The Balaban J connectivity index is 1.94. The van der Waals surface area contributed by atoms with Crippen LogP contribution in [-0.4, -0.2) is 66.6 Å². The van der Waals surface area contributed by atoms with Crippen molar-refractivity contribution in [1.29, 1.82) is 0 Å². The smallest absolute Gasteiger partial charge is 0.322 e. The quantitative estimate of drug-likeness (QED) is 0.397. The maximum absolute atomic E-state index is 13.1. The second-order valence-corrected chi connectivity index (χ2v) is 10.3. The molecule has 0 aliphatic carbocycles. The number of amides is 2. The third kappa shape index (κ3) is 4.29. The molecule has 14 nitrogen and oxygen atoms in total. The first-order chi connectivity index (χ1) is 14.7. The van der Waals surface area contributed by atoms with Gasteiger partial charge in [-0.1, -0.05) is 0 Å². The normalized spacial score (nSPS) is 22.0. The molecule has 0 spiro atoms. The zero-order valence-electron chi connectivity index (χ0n) is 16.4. The number of nitrogens with zero attached hydrogens (tertiary/aromatic N) is 5. The zero-order chi connectivity index (χ0) is 22.2. The van der Waals surface area contributed by atoms with Crippen LogP contribution in [0, 0.1) is 0 Å². The predicted octanol–water partition coefficient (Wildman–Crippen LogP) is -0.672. The number of benzene rings is 1. The van der Waals surface area contributed by atoms with E-state index in [1.807, 2.05) is 0 Å². The second kappa shape index (κ2) is 8.19. The Morgan fingerprint density at radius 2 is 2.03 bits per heavy atom. The number of nitrogens with two attached hydrogens (primary N) is 1. The van der Waals surface area contributed by atoms with Gasteiger partial charge in [-0.15, -0.1) is 0 Å². The van der Waals surface area contributed by atoms with Crippen LogP contribution in [0.5, 0.6) is 0 Å². The number of primary sulfonamides is 1. The van der Waals surface area contributed by atoms with Crippen LogP contribution in [0.4, 0.5) is 16.2 Å². The fourth-order valence-corrected chi connectivity index (χ4v) is 6.49. The zero-order valence-corrected chi connectivity index (χ0v) is 18.0. The van der Waals surface area contributed by atoms with E-state index in [0.717, 1.165) is 10.9 Å². The molecule has 168 valence electrons. The Labute approximate surface area is 178 Å². The predicted molar refractivity (Wildman–Crippen MR) is 107 cm³/mol. The highest BCUT2D eigenvalue weighted by Crippen LogP contribution is 2.40. The number of azo groups is 1. The summed E-state index contributed by atoms with van der Waals surface area (Å²) in [5.41, 5.74) is -0.138. The van der Waals surface area contributed by atoms with E-state index in [2.05, 4.69) is 30.8 Å². The van der Waals surface area contributed by atoms with Gasteiger partial charge >= 0.3 is 6.03 Å². The van der Waals surface area contributed by atoms with E-state index in [4.69, 9.17) is 5.14 Å². The molecule has 0 unspecified atom stereocenters. The summed E-state index contributed by atoms with van der Waals surface area (Å²) >= 11 is 0. The first kappa shape index (κ1) is 21.7. The molecular formula is C15H22N9O5S2+. The summed E-state index contributed by atoms with van der Waals surface area (Å²) in [6.07, 6.45) is 1.16. The molecule has 31 heavy (non-hydrogen) atoms. The summed E-state index contributed by atoms with van der Waals surface area (Å²) in [6, 6.07) is 1.61. The Kier molecular flexibility index (Phi) is 5.73. The lowest BCUT2D eigenvalue weighted by Crippen LogP contribution is -2.47. The van der Waals surface area contributed by atoms with Crippen molar-refractivity contribution in [2.75, 3.05) is 37.7 Å². The van der Waals surface area contributed by atoms with Crippen LogP contribution in [0.15, 0.2) is 37.4 Å². The van der Waals surface area contributed by atoms with E-state index in [0.29, 0.717) is 32.5 Å². The van der Waals surface area contributed by atoms with Crippen LogP contribution in [0.3, 0.4) is 0 Å². The Morgan fingerprint density at radius 3 is 2.65 bits per heavy atom. The largest absolute Gasteiger partial charge is 0.338 e. The minimum Gasteiger partial charge on any atom is -0.338 e. The molecule has 2 saturated heterocycles. The summed E-state index contributed by atoms with van der Waals surface area (Å²) in [5.74, 6) is 0. The maximum atomic E-state index is 13.1. The highest BCUT2D eigenvalue weighted by Gasteiger charge is 2.39. The van der Waals surface area contributed by atoms with Gasteiger partial charge in [0.1, 0.15) is 4.90 Å². The molecule has 2 amide bonds. The maximum Gasteiger partial charge on any atom is 0.322 e. The number of sulfonamides is 2. The summed E-state index contributed by atoms with van der Waals surface area (Å²) in [6.45, 7) is 1.71. The third-order valence-electron chi connectivity index (χ3n) is 5.01. The van der Waals surface area contributed by atoms with Crippen molar-refractivity contribution >= 4 is 37.5 Å². The molecule has 0 radical (unpaired) electrons. The molecule has 3 aliphatic heterocycles. The molecule has 2 fully saturated rings. The molecule has 1 atom stereocenters. The number of nitrogens with one attached hydrogen (secondary N) is 3. The molecule has 4 rings (SSSR count). The Morgan fingerprint density at radius 1 is 1.23 bits per heavy atom. The van der Waals surface area contributed by atoms with Crippen molar-refractivity contribution in [1.82, 2.24) is 15.4 Å². The van der Waals surface area contributed by atoms with Crippen molar-refractivity contribution in [3.05, 3.63) is 12.1 Å². The number of urea groups is 1. The summed E-state index contributed by atoms with van der Waals surface area (Å²) in [4.78, 5) is 13.4. The van der Waals surface area contributed by atoms with Gasteiger partial charge < -0.3 is 10.6 Å². The fourth-order valence-electron chi connectivity index (χ4n) is 3.66. The Hall–Kier alpha value is -2.53. The highest BCUT2D eigenvalue weighted by molar-refractivity contribution is 7.92. The van der Waals surface area contributed by atoms with E-state index in [-0.39, 0.29) is 24.6 Å². The van der Waals surface area contributed by atoms with Gasteiger partial charge in [-0.05, 0) is 36.6 Å². The van der Waals surface area contributed by atoms with Crippen molar-refractivity contribution in [2.24, 2.45) is 20.6 Å². The number of carbonyl (C=O) groups excluding carboxylic acids is 1. The molecule has 1 aromatic rings. The lowest BCUT2D eigenvalue weighted by molar-refractivity contribution is -0.517. The van der Waals surface area contributed by atoms with Crippen molar-refractivity contribution < 1.29 is 26.4 Å².